The van der Waals surface area contributed by atoms with Crippen LogP contribution in [0.3, 0.4) is 0 Å². The molecule has 2 saturated carbocycles. The highest BCUT2D eigenvalue weighted by Gasteiger charge is 2.53. The minimum absolute atomic E-state index is 0.505. The maximum Gasteiger partial charge on any atom is -0.00793 e. The molecule has 6 atom stereocenters. The van der Waals surface area contributed by atoms with E-state index in [1.54, 1.807) is 0 Å². The summed E-state index contributed by atoms with van der Waals surface area (Å²) in [6, 6.07) is 0. The molecule has 4 rings (SSSR count). The largest absolute Gasteiger partial charge is 0.0806 e. The first kappa shape index (κ1) is 19.8. The van der Waals surface area contributed by atoms with Gasteiger partial charge in [0.05, 0.1) is 0 Å². The second kappa shape index (κ2) is 7.38. The summed E-state index contributed by atoms with van der Waals surface area (Å²) in [5.41, 5.74) is 4.80. The smallest absolute Gasteiger partial charge is 0.00793 e. The Morgan fingerprint density at radius 1 is 1.00 bits per heavy atom. The minimum Gasteiger partial charge on any atom is -0.0806 e. The normalized spacial score (nSPS) is 42.1. The van der Waals surface area contributed by atoms with Gasteiger partial charge >= 0.3 is 0 Å². The average Bonchev–Trinajstić information content (AvgIpc) is 2.98. The zero-order valence-electron chi connectivity index (χ0n) is 18.8. The average molecular weight is 369 g/mol. The standard InChI is InChI=1S/C27H44/c1-19(2)9-8-10-20(3)23-14-15-24-22-13-12-21-11-6-7-17-26(21,4)25(22)16-18-27(23,24)5/h12-13,19-21,23,25H,6-11,14-18H2,1-5H3/t20-,21+,23-,25+,26+,27-/m1/s1. The van der Waals surface area contributed by atoms with Crippen LogP contribution >= 0.6 is 0 Å². The van der Waals surface area contributed by atoms with Crippen molar-refractivity contribution in [2.45, 2.75) is 105 Å². The molecule has 0 spiro atoms. The van der Waals surface area contributed by atoms with Gasteiger partial charge in [-0.15, -0.1) is 0 Å². The molecule has 0 nitrogen and oxygen atoms in total. The molecule has 2 fully saturated rings. The first-order valence-electron chi connectivity index (χ1n) is 12.3. The first-order valence-corrected chi connectivity index (χ1v) is 12.3. The molecular weight excluding hydrogens is 324 g/mol. The molecule has 27 heavy (non-hydrogen) atoms. The molecular formula is C27H44. The molecule has 0 bridgehead atoms. The van der Waals surface area contributed by atoms with Crippen LogP contribution < -0.4 is 0 Å². The molecule has 0 saturated heterocycles. The van der Waals surface area contributed by atoms with Crippen molar-refractivity contribution >= 4 is 0 Å². The molecule has 0 unspecified atom stereocenters. The number of hydrogen-bond donors (Lipinski definition) is 0. The summed E-state index contributed by atoms with van der Waals surface area (Å²) in [5.74, 6) is 4.41. The number of fused-ring (bicyclic) bond motifs is 4. The third kappa shape index (κ3) is 3.28. The van der Waals surface area contributed by atoms with Crippen LogP contribution in [-0.2, 0) is 0 Å². The molecule has 152 valence electrons. The Morgan fingerprint density at radius 3 is 2.59 bits per heavy atom. The van der Waals surface area contributed by atoms with Crippen LogP contribution in [0.25, 0.3) is 0 Å². The van der Waals surface area contributed by atoms with Gasteiger partial charge in [-0.1, -0.05) is 84.4 Å². The second-order valence-corrected chi connectivity index (χ2v) is 11.6. The highest BCUT2D eigenvalue weighted by Crippen LogP contribution is 2.64. The maximum atomic E-state index is 2.66. The zero-order chi connectivity index (χ0) is 19.2. The Hall–Kier alpha value is -0.520. The van der Waals surface area contributed by atoms with Gasteiger partial charge in [0.2, 0.25) is 0 Å². The number of hydrogen-bond acceptors (Lipinski definition) is 0. The van der Waals surface area contributed by atoms with Crippen LogP contribution in [0.2, 0.25) is 0 Å². The monoisotopic (exact) mass is 368 g/mol. The molecule has 0 aromatic carbocycles. The van der Waals surface area contributed by atoms with E-state index in [0.29, 0.717) is 10.8 Å². The Kier molecular flexibility index (Phi) is 5.41. The molecule has 0 heterocycles. The molecule has 0 amide bonds. The zero-order valence-corrected chi connectivity index (χ0v) is 18.8. The summed E-state index contributed by atoms with van der Waals surface area (Å²) in [7, 11) is 0. The van der Waals surface area contributed by atoms with E-state index in [0.717, 1.165) is 29.6 Å². The van der Waals surface area contributed by atoms with Crippen molar-refractivity contribution < 1.29 is 0 Å². The van der Waals surface area contributed by atoms with Gasteiger partial charge in [-0.05, 0) is 84.5 Å². The topological polar surface area (TPSA) is 0 Å². The molecule has 4 aliphatic carbocycles. The van der Waals surface area contributed by atoms with Gasteiger partial charge in [0.1, 0.15) is 0 Å². The molecule has 0 aromatic heterocycles. The summed E-state index contributed by atoms with van der Waals surface area (Å²) in [5, 5.41) is 0. The lowest BCUT2D eigenvalue weighted by molar-refractivity contribution is 0.0539. The van der Waals surface area contributed by atoms with Gasteiger partial charge < -0.3 is 0 Å². The second-order valence-electron chi connectivity index (χ2n) is 11.6. The van der Waals surface area contributed by atoms with E-state index in [1.165, 1.54) is 70.6 Å². The van der Waals surface area contributed by atoms with Crippen LogP contribution in [0.15, 0.2) is 23.3 Å². The van der Waals surface area contributed by atoms with E-state index in [4.69, 9.17) is 0 Å². The van der Waals surface area contributed by atoms with Gasteiger partial charge in [0.25, 0.3) is 0 Å². The van der Waals surface area contributed by atoms with Gasteiger partial charge in [-0.2, -0.15) is 0 Å². The van der Waals surface area contributed by atoms with Crippen molar-refractivity contribution in [1.29, 1.82) is 0 Å². The maximum absolute atomic E-state index is 2.66. The Morgan fingerprint density at radius 2 is 1.81 bits per heavy atom. The predicted molar refractivity (Wildman–Crippen MR) is 118 cm³/mol. The third-order valence-electron chi connectivity index (χ3n) is 9.65. The molecule has 0 heteroatoms. The molecule has 0 aromatic rings. The van der Waals surface area contributed by atoms with E-state index in [1.807, 2.05) is 11.1 Å². The lowest BCUT2D eigenvalue weighted by atomic mass is 9.51. The fraction of sp³-hybridized carbons (Fsp3) is 0.852. The van der Waals surface area contributed by atoms with Gasteiger partial charge in [-0.3, -0.25) is 0 Å². The van der Waals surface area contributed by atoms with Crippen molar-refractivity contribution in [2.75, 3.05) is 0 Å². The summed E-state index contributed by atoms with van der Waals surface area (Å²) in [6.07, 6.45) is 21.2. The summed E-state index contributed by atoms with van der Waals surface area (Å²) < 4.78 is 0. The fourth-order valence-corrected chi connectivity index (χ4v) is 7.97. The quantitative estimate of drug-likeness (QED) is 0.457. The minimum atomic E-state index is 0.505. The van der Waals surface area contributed by atoms with E-state index in [-0.39, 0.29) is 0 Å². The van der Waals surface area contributed by atoms with Crippen molar-refractivity contribution in [3.63, 3.8) is 0 Å². The van der Waals surface area contributed by atoms with E-state index >= 15 is 0 Å². The Labute approximate surface area is 169 Å². The first-order chi connectivity index (χ1) is 12.9. The summed E-state index contributed by atoms with van der Waals surface area (Å²) in [6.45, 7) is 12.6. The van der Waals surface area contributed by atoms with Crippen LogP contribution in [0.1, 0.15) is 105 Å². The molecule has 4 aliphatic rings. The van der Waals surface area contributed by atoms with Crippen molar-refractivity contribution in [3.05, 3.63) is 23.3 Å². The van der Waals surface area contributed by atoms with Gasteiger partial charge in [0.15, 0.2) is 0 Å². The van der Waals surface area contributed by atoms with E-state index < -0.39 is 0 Å². The molecule has 0 radical (unpaired) electrons. The van der Waals surface area contributed by atoms with Crippen molar-refractivity contribution in [3.8, 4) is 0 Å². The Bertz CT molecular complexity index is 608. The predicted octanol–water partition coefficient (Wildman–Crippen LogP) is 8.34. The molecule has 0 aliphatic heterocycles. The summed E-state index contributed by atoms with van der Waals surface area (Å²) >= 11 is 0. The van der Waals surface area contributed by atoms with Crippen molar-refractivity contribution in [2.24, 2.45) is 40.4 Å². The summed E-state index contributed by atoms with van der Waals surface area (Å²) in [4.78, 5) is 0. The SMILES string of the molecule is CC(C)CCC[C@@H](C)[C@H]1CCC2=C3C=C[C@@H]4CCCC[C@]4(C)[C@H]3CC[C@@]21C. The van der Waals surface area contributed by atoms with Crippen LogP contribution in [0, 0.1) is 40.4 Å². The third-order valence-corrected chi connectivity index (χ3v) is 9.65. The highest BCUT2D eigenvalue weighted by molar-refractivity contribution is 5.42. The van der Waals surface area contributed by atoms with E-state index in [2.05, 4.69) is 46.8 Å². The number of rotatable bonds is 5. The lowest BCUT2D eigenvalue weighted by Gasteiger charge is -2.54. The lowest BCUT2D eigenvalue weighted by Crippen LogP contribution is -2.44. The Balaban J connectivity index is 1.57. The van der Waals surface area contributed by atoms with E-state index in [9.17, 15) is 0 Å². The van der Waals surface area contributed by atoms with Crippen LogP contribution in [-0.4, -0.2) is 0 Å². The van der Waals surface area contributed by atoms with Crippen LogP contribution in [0.5, 0.6) is 0 Å². The van der Waals surface area contributed by atoms with Gasteiger partial charge in [-0.25, -0.2) is 0 Å². The fourth-order valence-electron chi connectivity index (χ4n) is 7.97. The van der Waals surface area contributed by atoms with Gasteiger partial charge in [0, 0.05) is 0 Å². The molecule has 0 N–H and O–H groups in total. The number of allylic oxidation sites excluding steroid dienone is 4. The highest BCUT2D eigenvalue weighted by atomic mass is 14.6. The van der Waals surface area contributed by atoms with Crippen molar-refractivity contribution in [1.82, 2.24) is 0 Å². The van der Waals surface area contributed by atoms with Crippen LogP contribution in [0.4, 0.5) is 0 Å².